The minimum absolute atomic E-state index is 0.192. The lowest BCUT2D eigenvalue weighted by Gasteiger charge is -2.15. The fourth-order valence-electron chi connectivity index (χ4n) is 1.49. The second kappa shape index (κ2) is 7.59. The Bertz CT molecular complexity index is 421. The molecule has 5 heteroatoms. The monoisotopic (exact) mass is 284 g/mol. The third-order valence-electron chi connectivity index (χ3n) is 2.55. The minimum Gasteiger partial charge on any atom is -0.409 e. The minimum atomic E-state index is 0.192. The molecule has 0 bridgehead atoms. The van der Waals surface area contributed by atoms with Crippen molar-refractivity contribution in [2.45, 2.75) is 42.2 Å². The highest BCUT2D eigenvalue weighted by Gasteiger charge is 2.15. The second-order valence-corrected chi connectivity index (χ2v) is 6.67. The number of amidine groups is 1. The molecule has 0 saturated heterocycles. The van der Waals surface area contributed by atoms with E-state index in [2.05, 4.69) is 25.9 Å². The molecule has 100 valence electrons. The van der Waals surface area contributed by atoms with Gasteiger partial charge >= 0.3 is 0 Å². The van der Waals surface area contributed by atoms with E-state index in [-0.39, 0.29) is 5.84 Å². The molecule has 1 aromatic carbocycles. The van der Waals surface area contributed by atoms with E-state index in [9.17, 15) is 0 Å². The largest absolute Gasteiger partial charge is 0.409 e. The predicted molar refractivity (Wildman–Crippen MR) is 81.0 cm³/mol. The van der Waals surface area contributed by atoms with E-state index in [4.69, 9.17) is 10.9 Å². The van der Waals surface area contributed by atoms with Crippen molar-refractivity contribution in [1.82, 2.24) is 0 Å². The highest BCUT2D eigenvalue weighted by Crippen LogP contribution is 2.34. The predicted octanol–water partition coefficient (Wildman–Crippen LogP) is 3.78. The first-order valence-corrected chi connectivity index (χ1v) is 7.90. The Hall–Kier alpha value is -0.810. The molecule has 0 aliphatic heterocycles. The highest BCUT2D eigenvalue weighted by molar-refractivity contribution is 8.00. The average Bonchev–Trinajstić information content (AvgIpc) is 2.38. The van der Waals surface area contributed by atoms with Crippen molar-refractivity contribution in [1.29, 1.82) is 0 Å². The molecule has 0 amide bonds. The molecule has 3 N–H and O–H groups in total. The van der Waals surface area contributed by atoms with Crippen molar-refractivity contribution >= 4 is 29.4 Å². The lowest BCUT2D eigenvalue weighted by molar-refractivity contribution is 0.318. The Kier molecular flexibility index (Phi) is 6.43. The zero-order valence-electron chi connectivity index (χ0n) is 11.0. The third kappa shape index (κ3) is 3.85. The lowest BCUT2D eigenvalue weighted by Crippen LogP contribution is -2.16. The number of oxime groups is 1. The van der Waals surface area contributed by atoms with Crippen molar-refractivity contribution in [2.75, 3.05) is 5.75 Å². The number of hydrogen-bond donors (Lipinski definition) is 2. The molecule has 0 saturated carbocycles. The maximum atomic E-state index is 8.94. The first kappa shape index (κ1) is 15.2. The van der Waals surface area contributed by atoms with Crippen LogP contribution in [0.3, 0.4) is 0 Å². The maximum absolute atomic E-state index is 8.94. The number of hydrogen-bond acceptors (Lipinski definition) is 4. The van der Waals surface area contributed by atoms with E-state index in [1.807, 2.05) is 18.2 Å². The summed E-state index contributed by atoms with van der Waals surface area (Å²) in [5, 5.41) is 12.6. The Labute approximate surface area is 117 Å². The third-order valence-corrected chi connectivity index (χ3v) is 4.82. The van der Waals surface area contributed by atoms with Gasteiger partial charge < -0.3 is 10.9 Å². The molecule has 1 rings (SSSR count). The van der Waals surface area contributed by atoms with E-state index in [0.29, 0.717) is 5.25 Å². The van der Waals surface area contributed by atoms with Crippen LogP contribution in [0.25, 0.3) is 0 Å². The summed E-state index contributed by atoms with van der Waals surface area (Å²) < 4.78 is 0. The van der Waals surface area contributed by atoms with Crippen LogP contribution in [0.5, 0.6) is 0 Å². The molecule has 0 radical (unpaired) electrons. The van der Waals surface area contributed by atoms with E-state index >= 15 is 0 Å². The van der Waals surface area contributed by atoms with Crippen molar-refractivity contribution in [3.63, 3.8) is 0 Å². The van der Waals surface area contributed by atoms with Crippen molar-refractivity contribution < 1.29 is 5.21 Å². The molecule has 0 fully saturated rings. The van der Waals surface area contributed by atoms with Gasteiger partial charge in [-0.3, -0.25) is 0 Å². The number of nitrogens with zero attached hydrogens (tertiary/aromatic N) is 1. The Morgan fingerprint density at radius 2 is 2.06 bits per heavy atom. The smallest absolute Gasteiger partial charge is 0.172 e. The summed E-state index contributed by atoms with van der Waals surface area (Å²) in [4.78, 5) is 2.15. The molecule has 0 aliphatic carbocycles. The van der Waals surface area contributed by atoms with Crippen molar-refractivity contribution in [3.05, 3.63) is 23.8 Å². The van der Waals surface area contributed by atoms with Gasteiger partial charge in [0.05, 0.1) is 0 Å². The molecule has 0 aliphatic rings. The molecular weight excluding hydrogens is 264 g/mol. The zero-order chi connectivity index (χ0) is 13.5. The van der Waals surface area contributed by atoms with Gasteiger partial charge in [-0.2, -0.15) is 0 Å². The first-order valence-electron chi connectivity index (χ1n) is 6.04. The Balaban J connectivity index is 3.19. The first-order chi connectivity index (χ1) is 8.63. The standard InChI is InChI=1S/C13H20N2OS2/c1-4-9(3)18-11-8-6-7-10(17-5-2)12(11)13(14)15-16/h6-9,16H,4-5H2,1-3H3,(H2,14,15). The van der Waals surface area contributed by atoms with Crippen LogP contribution in [0.15, 0.2) is 33.1 Å². The SMILES string of the molecule is CCSc1cccc(SC(C)CC)c1/C(N)=N/O. The summed E-state index contributed by atoms with van der Waals surface area (Å²) in [6, 6.07) is 6.07. The van der Waals surface area contributed by atoms with Crippen LogP contribution < -0.4 is 5.73 Å². The van der Waals surface area contributed by atoms with E-state index in [1.165, 1.54) is 0 Å². The summed E-state index contributed by atoms with van der Waals surface area (Å²) in [6.07, 6.45) is 1.09. The summed E-state index contributed by atoms with van der Waals surface area (Å²) in [7, 11) is 0. The van der Waals surface area contributed by atoms with Crippen LogP contribution in [-0.4, -0.2) is 22.0 Å². The van der Waals surface area contributed by atoms with E-state index in [0.717, 1.165) is 27.5 Å². The summed E-state index contributed by atoms with van der Waals surface area (Å²) >= 11 is 3.48. The van der Waals surface area contributed by atoms with Gasteiger partial charge in [0.25, 0.3) is 0 Å². The average molecular weight is 284 g/mol. The van der Waals surface area contributed by atoms with Gasteiger partial charge in [0, 0.05) is 20.6 Å². The molecule has 0 spiro atoms. The van der Waals surface area contributed by atoms with Crippen LogP contribution in [0.2, 0.25) is 0 Å². The summed E-state index contributed by atoms with van der Waals surface area (Å²) in [5.74, 6) is 1.15. The second-order valence-electron chi connectivity index (χ2n) is 3.88. The topological polar surface area (TPSA) is 58.6 Å². The van der Waals surface area contributed by atoms with Crippen LogP contribution in [0, 0.1) is 0 Å². The maximum Gasteiger partial charge on any atom is 0.172 e. The van der Waals surface area contributed by atoms with Gasteiger partial charge in [-0.15, -0.1) is 23.5 Å². The number of benzene rings is 1. The van der Waals surface area contributed by atoms with Gasteiger partial charge in [0.2, 0.25) is 0 Å². The summed E-state index contributed by atoms with van der Waals surface area (Å²) in [6.45, 7) is 6.43. The molecule has 1 aromatic rings. The lowest BCUT2D eigenvalue weighted by atomic mass is 10.2. The molecule has 1 atom stereocenters. The molecule has 18 heavy (non-hydrogen) atoms. The molecule has 1 unspecified atom stereocenters. The van der Waals surface area contributed by atoms with Gasteiger partial charge in [-0.1, -0.05) is 32.0 Å². The molecule has 0 aromatic heterocycles. The van der Waals surface area contributed by atoms with Crippen LogP contribution in [0.1, 0.15) is 32.8 Å². The van der Waals surface area contributed by atoms with E-state index < -0.39 is 0 Å². The van der Waals surface area contributed by atoms with Gasteiger partial charge in [-0.25, -0.2) is 0 Å². The Morgan fingerprint density at radius 3 is 2.61 bits per heavy atom. The van der Waals surface area contributed by atoms with E-state index in [1.54, 1.807) is 23.5 Å². The molecular formula is C13H20N2OS2. The Morgan fingerprint density at radius 1 is 1.39 bits per heavy atom. The fourth-order valence-corrected chi connectivity index (χ4v) is 3.49. The quantitative estimate of drug-likeness (QED) is 0.274. The van der Waals surface area contributed by atoms with Gasteiger partial charge in [0.1, 0.15) is 0 Å². The van der Waals surface area contributed by atoms with Crippen LogP contribution >= 0.6 is 23.5 Å². The normalized spacial score (nSPS) is 13.6. The van der Waals surface area contributed by atoms with Crippen molar-refractivity contribution in [3.8, 4) is 0 Å². The molecule has 3 nitrogen and oxygen atoms in total. The van der Waals surface area contributed by atoms with Crippen LogP contribution in [0.4, 0.5) is 0 Å². The number of rotatable bonds is 6. The number of nitrogens with two attached hydrogens (primary N) is 1. The highest BCUT2D eigenvalue weighted by atomic mass is 32.2. The molecule has 0 heterocycles. The van der Waals surface area contributed by atoms with Crippen molar-refractivity contribution in [2.24, 2.45) is 10.9 Å². The fraction of sp³-hybridized carbons (Fsp3) is 0.462. The van der Waals surface area contributed by atoms with Crippen LogP contribution in [-0.2, 0) is 0 Å². The number of thioether (sulfide) groups is 2. The summed E-state index contributed by atoms with van der Waals surface area (Å²) in [5.41, 5.74) is 6.68. The van der Waals surface area contributed by atoms with Gasteiger partial charge in [0.15, 0.2) is 5.84 Å². The zero-order valence-corrected chi connectivity index (χ0v) is 12.6. The van der Waals surface area contributed by atoms with Gasteiger partial charge in [-0.05, 0) is 24.3 Å².